The predicted octanol–water partition coefficient (Wildman–Crippen LogP) is 1.91. The summed E-state index contributed by atoms with van der Waals surface area (Å²) < 4.78 is 25.9. The van der Waals surface area contributed by atoms with Gasteiger partial charge in [-0.1, -0.05) is 0 Å². The van der Waals surface area contributed by atoms with E-state index in [1.54, 1.807) is 11.8 Å². The lowest BCUT2D eigenvalue weighted by Crippen LogP contribution is -1.94. The molecule has 0 spiro atoms. The van der Waals surface area contributed by atoms with E-state index in [1.807, 2.05) is 6.26 Å². The van der Waals surface area contributed by atoms with Crippen molar-refractivity contribution in [1.82, 2.24) is 0 Å². The Labute approximate surface area is 76.6 Å². The summed E-state index contributed by atoms with van der Waals surface area (Å²) in [6.07, 6.45) is 2.89. The molecule has 1 heterocycles. The number of thioether (sulfide) groups is 1. The Balaban J connectivity index is 2.09. The Bertz CT molecular complexity index is 165. The molecule has 4 nitrogen and oxygen atoms in total. The molecule has 72 valence electrons. The van der Waals surface area contributed by atoms with Crippen molar-refractivity contribution in [2.24, 2.45) is 0 Å². The van der Waals surface area contributed by atoms with Crippen LogP contribution < -0.4 is 0 Å². The maximum absolute atomic E-state index is 11.3. The van der Waals surface area contributed by atoms with Gasteiger partial charge in [-0.25, -0.2) is 4.57 Å². The molecule has 1 saturated heterocycles. The van der Waals surface area contributed by atoms with Crippen molar-refractivity contribution < 1.29 is 18.1 Å². The molecule has 0 aliphatic carbocycles. The van der Waals surface area contributed by atoms with Crippen LogP contribution in [0.2, 0.25) is 0 Å². The van der Waals surface area contributed by atoms with Crippen LogP contribution in [0.25, 0.3) is 0 Å². The SMILES string of the molecule is CSCCCOP1(=O)OCCO1. The lowest BCUT2D eigenvalue weighted by atomic mass is 10.5. The first-order valence-electron chi connectivity index (χ1n) is 3.79. The molecule has 0 aromatic carbocycles. The van der Waals surface area contributed by atoms with Gasteiger partial charge in [-0.3, -0.25) is 13.6 Å². The quantitative estimate of drug-likeness (QED) is 0.514. The fourth-order valence-corrected chi connectivity index (χ4v) is 2.37. The van der Waals surface area contributed by atoms with Crippen LogP contribution >= 0.6 is 19.6 Å². The highest BCUT2D eigenvalue weighted by Gasteiger charge is 2.31. The van der Waals surface area contributed by atoms with Crippen LogP contribution in [-0.4, -0.2) is 31.8 Å². The van der Waals surface area contributed by atoms with Crippen LogP contribution in [0.3, 0.4) is 0 Å². The zero-order chi connectivity index (χ0) is 8.86. The zero-order valence-corrected chi connectivity index (χ0v) is 8.73. The van der Waals surface area contributed by atoms with Gasteiger partial charge in [-0.15, -0.1) is 0 Å². The van der Waals surface area contributed by atoms with Gasteiger partial charge in [0.05, 0.1) is 19.8 Å². The second-order valence-corrected chi connectivity index (χ2v) is 4.95. The van der Waals surface area contributed by atoms with E-state index in [9.17, 15) is 4.57 Å². The van der Waals surface area contributed by atoms with E-state index in [0.717, 1.165) is 12.2 Å². The summed E-state index contributed by atoms with van der Waals surface area (Å²) in [6.45, 7) is 1.19. The van der Waals surface area contributed by atoms with Crippen LogP contribution in [0.1, 0.15) is 6.42 Å². The van der Waals surface area contributed by atoms with Gasteiger partial charge in [0, 0.05) is 0 Å². The smallest absolute Gasteiger partial charge is 0.287 e. The molecule has 0 aromatic rings. The van der Waals surface area contributed by atoms with E-state index in [2.05, 4.69) is 0 Å². The van der Waals surface area contributed by atoms with E-state index >= 15 is 0 Å². The fraction of sp³-hybridized carbons (Fsp3) is 1.00. The average molecular weight is 212 g/mol. The molecule has 6 heteroatoms. The fourth-order valence-electron chi connectivity index (χ4n) is 0.790. The molecule has 1 aliphatic heterocycles. The van der Waals surface area contributed by atoms with Gasteiger partial charge in [0.2, 0.25) is 0 Å². The van der Waals surface area contributed by atoms with Crippen molar-refractivity contribution in [3.8, 4) is 0 Å². The van der Waals surface area contributed by atoms with Gasteiger partial charge in [-0.05, 0) is 18.4 Å². The Morgan fingerprint density at radius 1 is 1.50 bits per heavy atom. The molecule has 0 N–H and O–H groups in total. The van der Waals surface area contributed by atoms with E-state index in [-0.39, 0.29) is 0 Å². The highest BCUT2D eigenvalue weighted by Crippen LogP contribution is 2.52. The molecule has 1 fully saturated rings. The standard InChI is InChI=1S/C6H13O4PS/c1-12-6-2-3-8-11(7)9-4-5-10-11/h2-6H2,1H3. The maximum Gasteiger partial charge on any atom is 0.474 e. The largest absolute Gasteiger partial charge is 0.474 e. The van der Waals surface area contributed by atoms with Gasteiger partial charge in [0.25, 0.3) is 0 Å². The van der Waals surface area contributed by atoms with Crippen molar-refractivity contribution >= 4 is 19.6 Å². The van der Waals surface area contributed by atoms with Crippen molar-refractivity contribution in [3.05, 3.63) is 0 Å². The lowest BCUT2D eigenvalue weighted by Gasteiger charge is -2.08. The topological polar surface area (TPSA) is 44.8 Å². The Morgan fingerprint density at radius 3 is 2.75 bits per heavy atom. The molecular formula is C6H13O4PS. The minimum atomic E-state index is -3.12. The van der Waals surface area contributed by atoms with Crippen molar-refractivity contribution in [1.29, 1.82) is 0 Å². The molecule has 0 aromatic heterocycles. The molecule has 0 unspecified atom stereocenters. The predicted molar refractivity (Wildman–Crippen MR) is 48.5 cm³/mol. The highest BCUT2D eigenvalue weighted by molar-refractivity contribution is 7.98. The van der Waals surface area contributed by atoms with Gasteiger partial charge in [0.1, 0.15) is 0 Å². The number of hydrogen-bond acceptors (Lipinski definition) is 5. The Hall–Kier alpha value is 0.460. The second kappa shape index (κ2) is 5.25. The zero-order valence-electron chi connectivity index (χ0n) is 7.02. The maximum atomic E-state index is 11.3. The van der Waals surface area contributed by atoms with E-state index in [1.165, 1.54) is 0 Å². The van der Waals surface area contributed by atoms with Crippen molar-refractivity contribution in [3.63, 3.8) is 0 Å². The molecule has 0 radical (unpaired) electrons. The summed E-state index contributed by atoms with van der Waals surface area (Å²) in [7, 11) is -3.12. The number of rotatable bonds is 5. The molecular weight excluding hydrogens is 199 g/mol. The first kappa shape index (κ1) is 10.5. The van der Waals surface area contributed by atoms with Gasteiger partial charge in [0.15, 0.2) is 0 Å². The normalized spacial score (nSPS) is 21.4. The third-order valence-electron chi connectivity index (χ3n) is 1.32. The van der Waals surface area contributed by atoms with Crippen LogP contribution in [0.5, 0.6) is 0 Å². The summed E-state index contributed by atoms with van der Waals surface area (Å²) in [4.78, 5) is 0. The molecule has 0 bridgehead atoms. The molecule has 1 rings (SSSR count). The average Bonchev–Trinajstić information content (AvgIpc) is 2.47. The van der Waals surface area contributed by atoms with E-state index in [4.69, 9.17) is 13.6 Å². The van der Waals surface area contributed by atoms with Crippen molar-refractivity contribution in [2.45, 2.75) is 6.42 Å². The number of hydrogen-bond donors (Lipinski definition) is 0. The second-order valence-electron chi connectivity index (χ2n) is 2.29. The van der Waals surface area contributed by atoms with Crippen molar-refractivity contribution in [2.75, 3.05) is 31.8 Å². The number of phosphoric ester groups is 1. The van der Waals surface area contributed by atoms with E-state index < -0.39 is 7.82 Å². The first-order valence-corrected chi connectivity index (χ1v) is 6.65. The third-order valence-corrected chi connectivity index (χ3v) is 3.52. The molecule has 0 atom stereocenters. The van der Waals surface area contributed by atoms with Crippen LogP contribution in [0, 0.1) is 0 Å². The summed E-state index contributed by atoms with van der Waals surface area (Å²) in [5.74, 6) is 1.00. The lowest BCUT2D eigenvalue weighted by molar-refractivity contribution is 0.191. The van der Waals surface area contributed by atoms with Gasteiger partial charge >= 0.3 is 7.82 Å². The van der Waals surface area contributed by atoms with Crippen LogP contribution in [0.4, 0.5) is 0 Å². The van der Waals surface area contributed by atoms with Crippen LogP contribution in [-0.2, 0) is 18.1 Å². The minimum Gasteiger partial charge on any atom is -0.287 e. The third kappa shape index (κ3) is 3.46. The molecule has 1 aliphatic rings. The Morgan fingerprint density at radius 2 is 2.17 bits per heavy atom. The first-order chi connectivity index (χ1) is 5.77. The molecule has 12 heavy (non-hydrogen) atoms. The summed E-state index contributed by atoms with van der Waals surface area (Å²) in [5.41, 5.74) is 0. The Kier molecular flexibility index (Phi) is 4.61. The van der Waals surface area contributed by atoms with Crippen LogP contribution in [0.15, 0.2) is 0 Å². The summed E-state index contributed by atoms with van der Waals surface area (Å²) >= 11 is 1.73. The minimum absolute atomic E-state index is 0.375. The van der Waals surface area contributed by atoms with Gasteiger partial charge < -0.3 is 0 Å². The molecule has 0 amide bonds. The summed E-state index contributed by atoms with van der Waals surface area (Å²) in [6, 6.07) is 0. The molecule has 0 saturated carbocycles. The van der Waals surface area contributed by atoms with E-state index in [0.29, 0.717) is 19.8 Å². The number of phosphoric acid groups is 1. The van der Waals surface area contributed by atoms with Gasteiger partial charge in [-0.2, -0.15) is 11.8 Å². The summed E-state index contributed by atoms with van der Waals surface area (Å²) in [5, 5.41) is 0. The monoisotopic (exact) mass is 212 g/mol. The highest BCUT2D eigenvalue weighted by atomic mass is 32.2.